The molecule has 0 radical (unpaired) electrons. The maximum absolute atomic E-state index is 13.2. The number of aryl methyl sites for hydroxylation is 1. The highest BCUT2D eigenvalue weighted by atomic mass is 16.2. The van der Waals surface area contributed by atoms with Crippen molar-refractivity contribution in [2.24, 2.45) is 5.92 Å². The van der Waals surface area contributed by atoms with Crippen molar-refractivity contribution in [1.29, 1.82) is 0 Å². The lowest BCUT2D eigenvalue weighted by molar-refractivity contribution is -0.114. The van der Waals surface area contributed by atoms with Crippen LogP contribution in [0, 0.1) is 12.8 Å². The Balaban J connectivity index is 1.24. The van der Waals surface area contributed by atoms with E-state index in [1.165, 1.54) is 6.92 Å². The summed E-state index contributed by atoms with van der Waals surface area (Å²) in [7, 11) is 0. The first-order valence-corrected chi connectivity index (χ1v) is 13.7. The average molecular weight is 546 g/mol. The van der Waals surface area contributed by atoms with E-state index in [1.54, 1.807) is 30.5 Å². The van der Waals surface area contributed by atoms with Gasteiger partial charge in [-0.15, -0.1) is 0 Å². The number of carbonyl (C=O) groups is 2. The number of anilines is 2. The van der Waals surface area contributed by atoms with Crippen molar-refractivity contribution in [3.05, 3.63) is 96.3 Å². The van der Waals surface area contributed by atoms with Crippen molar-refractivity contribution in [3.63, 3.8) is 0 Å². The van der Waals surface area contributed by atoms with Crippen molar-refractivity contribution in [3.8, 4) is 22.5 Å². The van der Waals surface area contributed by atoms with Gasteiger partial charge < -0.3 is 15.5 Å². The van der Waals surface area contributed by atoms with Crippen LogP contribution in [0.15, 0.2) is 85.2 Å². The maximum atomic E-state index is 13.2. The number of likely N-dealkylation sites (tertiary alicyclic amines) is 1. The molecule has 0 saturated carbocycles. The second kappa shape index (κ2) is 10.8. The summed E-state index contributed by atoms with van der Waals surface area (Å²) >= 11 is 0. The Morgan fingerprint density at radius 1 is 0.951 bits per heavy atom. The quantitative estimate of drug-likeness (QED) is 0.300. The fraction of sp³-hybridized carbons (Fsp3) is 0.219. The van der Waals surface area contributed by atoms with Gasteiger partial charge in [0.15, 0.2) is 0 Å². The van der Waals surface area contributed by atoms with Gasteiger partial charge in [-0.25, -0.2) is 14.5 Å². The van der Waals surface area contributed by atoms with Crippen LogP contribution in [0.1, 0.15) is 29.8 Å². The predicted octanol–water partition coefficient (Wildman–Crippen LogP) is 5.30. The molecule has 0 aliphatic carbocycles. The summed E-state index contributed by atoms with van der Waals surface area (Å²) in [5.74, 6) is 0.522. The second-order valence-corrected chi connectivity index (χ2v) is 10.6. The third-order valence-electron chi connectivity index (χ3n) is 7.40. The van der Waals surface area contributed by atoms with Gasteiger partial charge >= 0.3 is 0 Å². The number of rotatable bonds is 6. The van der Waals surface area contributed by atoms with Crippen molar-refractivity contribution in [2.45, 2.75) is 26.8 Å². The Hall–Kier alpha value is -5.05. The Labute approximate surface area is 238 Å². The number of benzene rings is 2. The van der Waals surface area contributed by atoms with Gasteiger partial charge in [-0.05, 0) is 54.8 Å². The highest BCUT2D eigenvalue weighted by Crippen LogP contribution is 2.34. The second-order valence-electron chi connectivity index (χ2n) is 10.6. The standard InChI is InChI=1S/C32H31N7O2/c1-20-9-14-28-29(30(37-39(28)17-20)23-7-5-4-6-8-23)26-15-16-33-32(35-26)36-27-19-38(18-21(27)2)31(41)24-10-12-25(13-11-24)34-22(3)40/h4-17,21,27H,18-19H2,1-3H3,(H,34,40)(H,33,35,36). The fourth-order valence-corrected chi connectivity index (χ4v) is 5.34. The molecule has 3 aromatic heterocycles. The van der Waals surface area contributed by atoms with E-state index in [-0.39, 0.29) is 23.8 Å². The molecular weight excluding hydrogens is 514 g/mol. The summed E-state index contributed by atoms with van der Waals surface area (Å²) in [6, 6.07) is 23.1. The van der Waals surface area contributed by atoms with Crippen LogP contribution in [0.25, 0.3) is 28.0 Å². The molecule has 0 spiro atoms. The van der Waals surface area contributed by atoms with Crippen molar-refractivity contribution < 1.29 is 9.59 Å². The first-order valence-electron chi connectivity index (χ1n) is 13.7. The van der Waals surface area contributed by atoms with Crippen molar-refractivity contribution in [2.75, 3.05) is 23.7 Å². The molecule has 1 saturated heterocycles. The summed E-state index contributed by atoms with van der Waals surface area (Å²) < 4.78 is 1.91. The first kappa shape index (κ1) is 26.2. The third kappa shape index (κ3) is 5.38. The van der Waals surface area contributed by atoms with E-state index in [0.29, 0.717) is 30.3 Å². The lowest BCUT2D eigenvalue weighted by Crippen LogP contribution is -2.32. The average Bonchev–Trinajstić information content (AvgIpc) is 3.53. The maximum Gasteiger partial charge on any atom is 0.253 e. The number of pyridine rings is 1. The zero-order chi connectivity index (χ0) is 28.5. The minimum atomic E-state index is -0.148. The first-order chi connectivity index (χ1) is 19.9. The smallest absolute Gasteiger partial charge is 0.253 e. The minimum absolute atomic E-state index is 0.00648. The third-order valence-corrected chi connectivity index (χ3v) is 7.40. The normalized spacial score (nSPS) is 16.6. The van der Waals surface area contributed by atoms with Crippen LogP contribution < -0.4 is 10.6 Å². The number of nitrogens with one attached hydrogen (secondary N) is 2. The molecular formula is C32H31N7O2. The van der Waals surface area contributed by atoms with Crippen molar-refractivity contribution in [1.82, 2.24) is 24.5 Å². The summed E-state index contributed by atoms with van der Waals surface area (Å²) in [6.45, 7) is 6.78. The Morgan fingerprint density at radius 2 is 1.73 bits per heavy atom. The molecule has 2 N–H and O–H groups in total. The highest BCUT2D eigenvalue weighted by Gasteiger charge is 2.33. The van der Waals surface area contributed by atoms with E-state index in [2.05, 4.69) is 46.8 Å². The number of hydrogen-bond acceptors (Lipinski definition) is 6. The van der Waals surface area contributed by atoms with Gasteiger partial charge in [0.05, 0.1) is 22.8 Å². The van der Waals surface area contributed by atoms with Crippen LogP contribution in [-0.2, 0) is 4.79 Å². The van der Waals surface area contributed by atoms with E-state index in [9.17, 15) is 9.59 Å². The largest absolute Gasteiger partial charge is 0.349 e. The number of carbonyl (C=O) groups excluding carboxylic acids is 2. The summed E-state index contributed by atoms with van der Waals surface area (Å²) in [5, 5.41) is 11.1. The molecule has 1 aliphatic rings. The van der Waals surface area contributed by atoms with E-state index in [0.717, 1.165) is 33.6 Å². The number of amides is 2. The number of nitrogens with zero attached hydrogens (tertiary/aromatic N) is 5. The molecule has 2 aromatic carbocycles. The van der Waals surface area contributed by atoms with Crippen LogP contribution in [0.4, 0.5) is 11.6 Å². The molecule has 6 rings (SSSR count). The van der Waals surface area contributed by atoms with E-state index < -0.39 is 0 Å². The predicted molar refractivity (Wildman–Crippen MR) is 160 cm³/mol. The molecule has 4 heterocycles. The zero-order valence-corrected chi connectivity index (χ0v) is 23.2. The monoisotopic (exact) mass is 545 g/mol. The summed E-state index contributed by atoms with van der Waals surface area (Å²) in [6.07, 6.45) is 3.78. The lowest BCUT2D eigenvalue weighted by Gasteiger charge is -2.18. The summed E-state index contributed by atoms with van der Waals surface area (Å²) in [4.78, 5) is 35.8. The van der Waals surface area contributed by atoms with Crippen LogP contribution in [0.3, 0.4) is 0 Å². The topological polar surface area (TPSA) is 105 Å². The number of hydrogen-bond donors (Lipinski definition) is 2. The molecule has 0 bridgehead atoms. The van der Waals surface area contributed by atoms with Gasteiger partial charge in [-0.1, -0.05) is 43.3 Å². The Kier molecular flexibility index (Phi) is 6.93. The zero-order valence-electron chi connectivity index (χ0n) is 23.2. The van der Waals surface area contributed by atoms with Gasteiger partial charge in [-0.3, -0.25) is 9.59 Å². The molecule has 9 nitrogen and oxygen atoms in total. The van der Waals surface area contributed by atoms with E-state index in [1.807, 2.05) is 46.8 Å². The molecule has 1 aliphatic heterocycles. The molecule has 2 amide bonds. The van der Waals surface area contributed by atoms with Gasteiger partial charge in [0.2, 0.25) is 11.9 Å². The van der Waals surface area contributed by atoms with E-state index >= 15 is 0 Å². The minimum Gasteiger partial charge on any atom is -0.349 e. The Bertz CT molecular complexity index is 1730. The molecule has 41 heavy (non-hydrogen) atoms. The highest BCUT2D eigenvalue weighted by molar-refractivity contribution is 5.96. The van der Waals surface area contributed by atoms with E-state index in [4.69, 9.17) is 10.1 Å². The molecule has 1 fully saturated rings. The Morgan fingerprint density at radius 3 is 2.49 bits per heavy atom. The van der Waals surface area contributed by atoms with Gasteiger partial charge in [0, 0.05) is 49.2 Å². The molecule has 9 heteroatoms. The SMILES string of the molecule is CC(=O)Nc1ccc(C(=O)N2CC(C)C(Nc3nccc(-c4c(-c5ccccc5)nn5cc(C)ccc45)n3)C2)cc1. The molecule has 2 atom stereocenters. The van der Waals surface area contributed by atoms with Gasteiger partial charge in [-0.2, -0.15) is 5.10 Å². The number of fused-ring (bicyclic) bond motifs is 1. The summed E-state index contributed by atoms with van der Waals surface area (Å²) in [5.41, 5.74) is 6.93. The van der Waals surface area contributed by atoms with Crippen LogP contribution in [0.2, 0.25) is 0 Å². The van der Waals surface area contributed by atoms with Gasteiger partial charge in [0.25, 0.3) is 5.91 Å². The van der Waals surface area contributed by atoms with Crippen LogP contribution >= 0.6 is 0 Å². The van der Waals surface area contributed by atoms with Crippen LogP contribution in [-0.4, -0.2) is 55.4 Å². The molecule has 206 valence electrons. The van der Waals surface area contributed by atoms with Crippen LogP contribution in [0.5, 0.6) is 0 Å². The van der Waals surface area contributed by atoms with Gasteiger partial charge in [0.1, 0.15) is 5.69 Å². The molecule has 5 aromatic rings. The molecule has 2 unspecified atom stereocenters. The van der Waals surface area contributed by atoms with Crippen molar-refractivity contribution >= 4 is 29.0 Å². The number of aromatic nitrogens is 4. The fourth-order valence-electron chi connectivity index (χ4n) is 5.34. The lowest BCUT2D eigenvalue weighted by atomic mass is 10.0.